The Morgan fingerprint density at radius 2 is 1.49 bits per heavy atom. The number of nitrogens with zero attached hydrogens (tertiary/aromatic N) is 1. The number of benzene rings is 3. The van der Waals surface area contributed by atoms with Crippen molar-refractivity contribution in [2.24, 2.45) is 0 Å². The first kappa shape index (κ1) is 28.3. The molecule has 0 amide bonds. The van der Waals surface area contributed by atoms with Crippen molar-refractivity contribution in [3.8, 4) is 16.9 Å². The molecule has 0 spiro atoms. The lowest BCUT2D eigenvalue weighted by Gasteiger charge is -2.23. The minimum Gasteiger partial charge on any atom is -0.482 e. The van der Waals surface area contributed by atoms with Gasteiger partial charge in [0.05, 0.1) is 6.54 Å². The van der Waals surface area contributed by atoms with Gasteiger partial charge in [-0.25, -0.2) is 9.10 Å². The van der Waals surface area contributed by atoms with E-state index in [0.717, 1.165) is 44.3 Å². The summed E-state index contributed by atoms with van der Waals surface area (Å²) in [5.41, 5.74) is 6.25. The first-order valence-electron chi connectivity index (χ1n) is 12.2. The maximum atomic E-state index is 13.1. The van der Waals surface area contributed by atoms with Crippen LogP contribution in [-0.4, -0.2) is 22.0 Å². The fourth-order valence-corrected chi connectivity index (χ4v) is 5.31. The van der Waals surface area contributed by atoms with Crippen LogP contribution in [0.15, 0.2) is 82.1 Å². The summed E-state index contributed by atoms with van der Waals surface area (Å²) in [7, 11) is 0. The van der Waals surface area contributed by atoms with Crippen molar-refractivity contribution in [1.29, 1.82) is 0 Å². The van der Waals surface area contributed by atoms with Crippen LogP contribution < -0.4 is 4.74 Å². The minimum absolute atomic E-state index is 0.188. The highest BCUT2D eigenvalue weighted by molar-refractivity contribution is 7.97. The normalized spacial score (nSPS) is 11.7. The van der Waals surface area contributed by atoms with Crippen LogP contribution in [0.25, 0.3) is 11.1 Å². The van der Waals surface area contributed by atoms with E-state index in [0.29, 0.717) is 12.3 Å². The van der Waals surface area contributed by atoms with E-state index in [4.69, 9.17) is 14.3 Å². The molecule has 0 aliphatic heterocycles. The fraction of sp³-hybridized carbons (Fsp3) is 0.233. The van der Waals surface area contributed by atoms with Gasteiger partial charge in [0, 0.05) is 11.4 Å². The highest BCUT2D eigenvalue weighted by atomic mass is 32.2. The molecule has 0 fully saturated rings. The molecule has 5 nitrogen and oxygen atoms in total. The van der Waals surface area contributed by atoms with Crippen LogP contribution in [0.5, 0.6) is 5.75 Å². The maximum absolute atomic E-state index is 13.1. The predicted molar refractivity (Wildman–Crippen MR) is 144 cm³/mol. The number of aliphatic carboxylic acids is 1. The molecule has 39 heavy (non-hydrogen) atoms. The number of carboxylic acid groups (broad SMARTS) is 1. The third kappa shape index (κ3) is 7.68. The first-order valence-corrected chi connectivity index (χ1v) is 13.0. The number of carboxylic acids is 1. The van der Waals surface area contributed by atoms with E-state index in [2.05, 4.69) is 12.1 Å². The Kier molecular flexibility index (Phi) is 8.72. The molecule has 0 unspecified atom stereocenters. The average Bonchev–Trinajstić information content (AvgIpc) is 3.35. The summed E-state index contributed by atoms with van der Waals surface area (Å²) in [4.78, 5) is 11.7. The largest absolute Gasteiger partial charge is 0.482 e. The molecule has 3 aromatic carbocycles. The minimum atomic E-state index is -4.53. The standard InChI is InChI=1S/C30H28F3NO4S/c1-19-14-20(2)29(21(3)15-19)39-34(17-26-12-13-27(38-26)30(31,32)33)16-22-4-6-23(7-5-22)24-8-10-25(11-9-24)37-18-28(35)36/h4-15H,16-18H2,1-3H3,(H,35,36). The van der Waals surface area contributed by atoms with Crippen molar-refractivity contribution >= 4 is 17.9 Å². The van der Waals surface area contributed by atoms with Gasteiger partial charge in [-0.05, 0) is 84.8 Å². The summed E-state index contributed by atoms with van der Waals surface area (Å²) in [6.45, 7) is 6.35. The number of alkyl halides is 3. The highest BCUT2D eigenvalue weighted by Gasteiger charge is 2.35. The van der Waals surface area contributed by atoms with E-state index in [-0.39, 0.29) is 12.3 Å². The van der Waals surface area contributed by atoms with Crippen LogP contribution in [0.4, 0.5) is 13.2 Å². The number of hydrogen-bond donors (Lipinski definition) is 1. The topological polar surface area (TPSA) is 62.9 Å². The number of ether oxygens (including phenoxy) is 1. The van der Waals surface area contributed by atoms with Gasteiger partial charge in [0.25, 0.3) is 0 Å². The monoisotopic (exact) mass is 555 g/mol. The summed E-state index contributed by atoms with van der Waals surface area (Å²) >= 11 is 1.50. The van der Waals surface area contributed by atoms with Gasteiger partial charge in [-0.1, -0.05) is 54.1 Å². The molecule has 0 saturated carbocycles. The van der Waals surface area contributed by atoms with Gasteiger partial charge < -0.3 is 14.3 Å². The van der Waals surface area contributed by atoms with E-state index in [1.807, 2.05) is 61.5 Å². The van der Waals surface area contributed by atoms with Crippen molar-refractivity contribution in [2.75, 3.05) is 6.61 Å². The first-order chi connectivity index (χ1) is 18.5. The zero-order valence-corrected chi connectivity index (χ0v) is 22.5. The van der Waals surface area contributed by atoms with Gasteiger partial charge >= 0.3 is 12.1 Å². The van der Waals surface area contributed by atoms with Gasteiger partial charge in [-0.15, -0.1) is 0 Å². The van der Waals surface area contributed by atoms with E-state index in [1.165, 1.54) is 18.0 Å². The third-order valence-electron chi connectivity index (χ3n) is 5.96. The van der Waals surface area contributed by atoms with Crippen molar-refractivity contribution in [2.45, 2.75) is 44.9 Å². The van der Waals surface area contributed by atoms with E-state index < -0.39 is 24.5 Å². The van der Waals surface area contributed by atoms with Gasteiger partial charge in [-0.3, -0.25) is 0 Å². The lowest BCUT2D eigenvalue weighted by atomic mass is 10.0. The second-order valence-corrected chi connectivity index (χ2v) is 10.4. The Hall–Kier alpha value is -3.69. The molecule has 1 aromatic heterocycles. The van der Waals surface area contributed by atoms with E-state index in [9.17, 15) is 18.0 Å². The molecular formula is C30H28F3NO4S. The zero-order valence-electron chi connectivity index (χ0n) is 21.7. The molecule has 204 valence electrons. The van der Waals surface area contributed by atoms with E-state index in [1.54, 1.807) is 12.1 Å². The van der Waals surface area contributed by atoms with Gasteiger partial charge in [0.1, 0.15) is 11.5 Å². The summed E-state index contributed by atoms with van der Waals surface area (Å²) in [5.74, 6) is -1.34. The van der Waals surface area contributed by atoms with Crippen LogP contribution in [0, 0.1) is 20.8 Å². The molecule has 1 heterocycles. The maximum Gasteiger partial charge on any atom is 0.449 e. The van der Waals surface area contributed by atoms with Gasteiger partial charge in [0.2, 0.25) is 5.76 Å². The summed E-state index contributed by atoms with van der Waals surface area (Å²) in [5, 5.41) is 8.75. The van der Waals surface area contributed by atoms with Crippen molar-refractivity contribution in [3.63, 3.8) is 0 Å². The molecule has 0 bridgehead atoms. The molecular weight excluding hydrogens is 527 g/mol. The van der Waals surface area contributed by atoms with Crippen LogP contribution in [0.3, 0.4) is 0 Å². The SMILES string of the molecule is Cc1cc(C)c(SN(Cc2ccc(-c3ccc(OCC(=O)O)cc3)cc2)Cc2ccc(C(F)(F)F)o2)c(C)c1. The predicted octanol–water partition coefficient (Wildman–Crippen LogP) is 8.06. The summed E-state index contributed by atoms with van der Waals surface area (Å²) in [6, 6.07) is 21.6. The van der Waals surface area contributed by atoms with Crippen LogP contribution in [-0.2, 0) is 24.1 Å². The molecule has 0 atom stereocenters. The molecule has 0 saturated heterocycles. The smallest absolute Gasteiger partial charge is 0.449 e. The Morgan fingerprint density at radius 3 is 2.03 bits per heavy atom. The zero-order chi connectivity index (χ0) is 28.2. The molecule has 9 heteroatoms. The van der Waals surface area contributed by atoms with Crippen molar-refractivity contribution in [3.05, 3.63) is 107 Å². The van der Waals surface area contributed by atoms with Crippen LogP contribution in [0.2, 0.25) is 0 Å². The fourth-order valence-electron chi connectivity index (χ4n) is 4.24. The number of furan rings is 1. The average molecular weight is 556 g/mol. The Balaban J connectivity index is 1.53. The van der Waals surface area contributed by atoms with E-state index >= 15 is 0 Å². The number of hydrogen-bond acceptors (Lipinski definition) is 5. The Bertz CT molecular complexity index is 1410. The second-order valence-electron chi connectivity index (χ2n) is 9.28. The summed E-state index contributed by atoms with van der Waals surface area (Å²) < 4.78 is 51.6. The molecule has 4 aromatic rings. The molecule has 0 aliphatic carbocycles. The quantitative estimate of drug-likeness (QED) is 0.200. The Labute approximate surface area is 229 Å². The number of aryl methyl sites for hydroxylation is 3. The van der Waals surface area contributed by atoms with Gasteiger partial charge in [-0.2, -0.15) is 13.2 Å². The van der Waals surface area contributed by atoms with Crippen LogP contribution in [0.1, 0.15) is 33.8 Å². The number of rotatable bonds is 10. The summed E-state index contributed by atoms with van der Waals surface area (Å²) in [6.07, 6.45) is -4.53. The number of halogens is 3. The lowest BCUT2D eigenvalue weighted by Crippen LogP contribution is -2.15. The Morgan fingerprint density at radius 1 is 0.897 bits per heavy atom. The lowest BCUT2D eigenvalue weighted by molar-refractivity contribution is -0.153. The third-order valence-corrected chi connectivity index (χ3v) is 7.30. The molecule has 0 radical (unpaired) electrons. The molecule has 0 aliphatic rings. The van der Waals surface area contributed by atoms with Crippen molar-refractivity contribution in [1.82, 2.24) is 4.31 Å². The van der Waals surface area contributed by atoms with Crippen molar-refractivity contribution < 1.29 is 32.2 Å². The highest BCUT2D eigenvalue weighted by Crippen LogP contribution is 2.35. The molecule has 1 N–H and O–H groups in total. The number of carbonyl (C=O) groups is 1. The van der Waals surface area contributed by atoms with Crippen LogP contribution >= 0.6 is 11.9 Å². The molecule has 4 rings (SSSR count). The second kappa shape index (κ2) is 12.0. The van der Waals surface area contributed by atoms with Gasteiger partial charge in [0.15, 0.2) is 6.61 Å².